The molecule has 0 unspecified atom stereocenters. The fraction of sp³-hybridized carbons (Fsp3) is 0.222. The van der Waals surface area contributed by atoms with Crippen molar-refractivity contribution in [1.82, 2.24) is 5.06 Å². The van der Waals surface area contributed by atoms with E-state index in [9.17, 15) is 14.4 Å². The highest BCUT2D eigenvalue weighted by atomic mass is 35.5. The van der Waals surface area contributed by atoms with Gasteiger partial charge in [-0.2, -0.15) is 0 Å². The van der Waals surface area contributed by atoms with Crippen molar-refractivity contribution in [3.63, 3.8) is 0 Å². The van der Waals surface area contributed by atoms with Crippen LogP contribution in [0.15, 0.2) is 47.5 Å². The number of hydrogen-bond acceptors (Lipinski definition) is 5. The maximum absolute atomic E-state index is 14.8. The third kappa shape index (κ3) is 4.47. The Bertz CT molecular complexity index is 863. The number of nitrogens with zero attached hydrogens (tertiary/aromatic N) is 2. The fourth-order valence-electron chi connectivity index (χ4n) is 2.54. The van der Waals surface area contributed by atoms with E-state index >= 15 is 0 Å². The fourth-order valence-corrected chi connectivity index (χ4v) is 2.75. The number of nitrogens with two attached hydrogens (primary N) is 1. The molecule has 2 amide bonds. The van der Waals surface area contributed by atoms with E-state index in [0.717, 1.165) is 5.56 Å². The van der Waals surface area contributed by atoms with Gasteiger partial charge in [-0.05, 0) is 11.6 Å². The second-order valence-corrected chi connectivity index (χ2v) is 6.18. The van der Waals surface area contributed by atoms with E-state index in [-0.39, 0.29) is 46.5 Å². The summed E-state index contributed by atoms with van der Waals surface area (Å²) in [4.78, 5) is 15.2. The molecule has 0 saturated heterocycles. The van der Waals surface area contributed by atoms with Gasteiger partial charge >= 0.3 is 6.03 Å². The van der Waals surface area contributed by atoms with Crippen LogP contribution in [0.25, 0.3) is 0 Å². The standard InChI is InChI=1S/C18H17ClFN3O4/c19-12-8-13(16(20)15(9-12)26-7-6-23(25)18(21)24)17-22-14(10-27-17)11-4-2-1-3-5-11/h1-5,8-9,14,25H,6-7,10H2,(H2,21,24)/t14-/m0/s1. The van der Waals surface area contributed by atoms with Crippen molar-refractivity contribution in [1.29, 1.82) is 0 Å². The second kappa shape index (κ2) is 8.24. The number of carbonyl (C=O) groups is 1. The second-order valence-electron chi connectivity index (χ2n) is 5.75. The van der Waals surface area contributed by atoms with Crippen molar-refractivity contribution in [2.45, 2.75) is 6.04 Å². The van der Waals surface area contributed by atoms with Crippen LogP contribution in [0, 0.1) is 5.82 Å². The molecule has 0 spiro atoms. The van der Waals surface area contributed by atoms with Gasteiger partial charge in [0.1, 0.15) is 19.3 Å². The van der Waals surface area contributed by atoms with E-state index < -0.39 is 11.8 Å². The highest BCUT2D eigenvalue weighted by Crippen LogP contribution is 2.31. The van der Waals surface area contributed by atoms with Gasteiger partial charge in [0.15, 0.2) is 11.6 Å². The summed E-state index contributed by atoms with van der Waals surface area (Å²) in [6.07, 6.45) is 0. The van der Waals surface area contributed by atoms with Crippen molar-refractivity contribution in [2.24, 2.45) is 10.7 Å². The largest absolute Gasteiger partial charge is 0.488 e. The first-order valence-electron chi connectivity index (χ1n) is 8.09. The summed E-state index contributed by atoms with van der Waals surface area (Å²) >= 11 is 6.05. The molecular weight excluding hydrogens is 377 g/mol. The molecule has 7 nitrogen and oxygen atoms in total. The zero-order chi connectivity index (χ0) is 19.4. The number of primary amides is 1. The number of ether oxygens (including phenoxy) is 2. The van der Waals surface area contributed by atoms with Crippen LogP contribution in [0.4, 0.5) is 9.18 Å². The molecule has 0 aliphatic carbocycles. The van der Waals surface area contributed by atoms with E-state index in [4.69, 9.17) is 26.8 Å². The van der Waals surface area contributed by atoms with E-state index in [1.807, 2.05) is 30.3 Å². The summed E-state index contributed by atoms with van der Waals surface area (Å²) in [6.45, 7) is -0.125. The molecule has 1 heterocycles. The number of rotatable bonds is 6. The third-order valence-corrected chi connectivity index (χ3v) is 4.10. The Balaban J connectivity index is 1.78. The third-order valence-electron chi connectivity index (χ3n) is 3.88. The molecule has 2 aromatic rings. The zero-order valence-electron chi connectivity index (χ0n) is 14.1. The van der Waals surface area contributed by atoms with Crippen molar-refractivity contribution < 1.29 is 23.9 Å². The molecule has 0 aromatic heterocycles. The molecule has 0 saturated carbocycles. The lowest BCUT2D eigenvalue weighted by atomic mass is 10.1. The molecule has 3 rings (SSSR count). The predicted octanol–water partition coefficient (Wildman–Crippen LogP) is 3.15. The molecule has 27 heavy (non-hydrogen) atoms. The van der Waals surface area contributed by atoms with Crippen molar-refractivity contribution in [3.8, 4) is 5.75 Å². The number of halogens is 2. The lowest BCUT2D eigenvalue weighted by Gasteiger charge is -2.14. The van der Waals surface area contributed by atoms with Gasteiger partial charge in [0.05, 0.1) is 12.1 Å². The monoisotopic (exact) mass is 393 g/mol. The first kappa shape index (κ1) is 18.9. The van der Waals surface area contributed by atoms with Gasteiger partial charge in [-0.3, -0.25) is 5.21 Å². The molecule has 1 aliphatic rings. The molecule has 142 valence electrons. The first-order valence-corrected chi connectivity index (χ1v) is 8.47. The Morgan fingerprint density at radius 2 is 2.15 bits per heavy atom. The smallest absolute Gasteiger partial charge is 0.338 e. The van der Waals surface area contributed by atoms with E-state index in [2.05, 4.69) is 4.99 Å². The van der Waals surface area contributed by atoms with Crippen molar-refractivity contribution in [3.05, 3.63) is 64.4 Å². The average Bonchev–Trinajstić information content (AvgIpc) is 3.14. The highest BCUT2D eigenvalue weighted by molar-refractivity contribution is 6.31. The topological polar surface area (TPSA) is 97.4 Å². The van der Waals surface area contributed by atoms with Gasteiger partial charge in [0.25, 0.3) is 0 Å². The molecule has 1 aliphatic heterocycles. The summed E-state index contributed by atoms with van der Waals surface area (Å²) in [7, 11) is 0. The minimum absolute atomic E-state index is 0.0756. The summed E-state index contributed by atoms with van der Waals surface area (Å²) in [6, 6.07) is 10.9. The van der Waals surface area contributed by atoms with E-state index in [1.54, 1.807) is 0 Å². The number of urea groups is 1. The molecular formula is C18H17ClFN3O4. The molecule has 0 radical (unpaired) electrons. The number of hydrogen-bond donors (Lipinski definition) is 2. The van der Waals surface area contributed by atoms with Crippen LogP contribution in [-0.4, -0.2) is 42.0 Å². The van der Waals surface area contributed by atoms with Gasteiger partial charge in [0, 0.05) is 11.1 Å². The van der Waals surface area contributed by atoms with Gasteiger partial charge in [-0.1, -0.05) is 41.9 Å². The zero-order valence-corrected chi connectivity index (χ0v) is 14.9. The van der Waals surface area contributed by atoms with Gasteiger partial charge in [0.2, 0.25) is 5.90 Å². The normalized spacial score (nSPS) is 15.8. The lowest BCUT2D eigenvalue weighted by molar-refractivity contribution is -0.0466. The van der Waals surface area contributed by atoms with Gasteiger partial charge in [-0.25, -0.2) is 19.2 Å². The molecule has 2 aromatic carbocycles. The SMILES string of the molecule is NC(=O)N(O)CCOc1cc(Cl)cc(C2=N[C@H](c3ccccc3)CO2)c1F. The van der Waals surface area contributed by atoms with Crippen LogP contribution in [0.2, 0.25) is 5.02 Å². The van der Waals surface area contributed by atoms with Crippen molar-refractivity contribution in [2.75, 3.05) is 19.8 Å². The molecule has 0 fully saturated rings. The van der Waals surface area contributed by atoms with Crippen LogP contribution < -0.4 is 10.5 Å². The average molecular weight is 394 g/mol. The number of amides is 2. The summed E-state index contributed by atoms with van der Waals surface area (Å²) in [5, 5.41) is 9.70. The Hall–Kier alpha value is -2.84. The van der Waals surface area contributed by atoms with Crippen LogP contribution in [0.1, 0.15) is 17.2 Å². The van der Waals surface area contributed by atoms with Crippen LogP contribution in [0.5, 0.6) is 5.75 Å². The first-order chi connectivity index (χ1) is 13.0. The summed E-state index contributed by atoms with van der Waals surface area (Å²) in [5.41, 5.74) is 5.93. The van der Waals surface area contributed by atoms with E-state index in [1.165, 1.54) is 12.1 Å². The number of aliphatic imine (C=N–C) groups is 1. The Morgan fingerprint density at radius 1 is 1.41 bits per heavy atom. The Morgan fingerprint density at radius 3 is 2.85 bits per heavy atom. The molecule has 3 N–H and O–H groups in total. The van der Waals surface area contributed by atoms with Crippen LogP contribution in [0.3, 0.4) is 0 Å². The minimum Gasteiger partial charge on any atom is -0.488 e. The maximum atomic E-state index is 14.8. The van der Waals surface area contributed by atoms with Crippen LogP contribution >= 0.6 is 11.6 Å². The number of hydroxylamine groups is 2. The molecule has 9 heteroatoms. The molecule has 1 atom stereocenters. The minimum atomic E-state index is -1.04. The number of carbonyl (C=O) groups excluding carboxylic acids is 1. The highest BCUT2D eigenvalue weighted by Gasteiger charge is 2.25. The van der Waals surface area contributed by atoms with E-state index in [0.29, 0.717) is 6.61 Å². The summed E-state index contributed by atoms with van der Waals surface area (Å²) in [5.74, 6) is -0.713. The van der Waals surface area contributed by atoms with Gasteiger partial charge in [-0.15, -0.1) is 0 Å². The Labute approximate surface area is 159 Å². The van der Waals surface area contributed by atoms with Crippen molar-refractivity contribution >= 4 is 23.5 Å². The van der Waals surface area contributed by atoms with Crippen LogP contribution in [-0.2, 0) is 4.74 Å². The quantitative estimate of drug-likeness (QED) is 0.582. The maximum Gasteiger partial charge on any atom is 0.338 e. The molecule has 0 bridgehead atoms. The summed E-state index contributed by atoms with van der Waals surface area (Å²) < 4.78 is 25.6. The Kier molecular flexibility index (Phi) is 5.78. The lowest BCUT2D eigenvalue weighted by Crippen LogP contribution is -2.35. The van der Waals surface area contributed by atoms with Gasteiger partial charge < -0.3 is 15.2 Å². The predicted molar refractivity (Wildman–Crippen MR) is 96.7 cm³/mol. The number of benzene rings is 2.